The van der Waals surface area contributed by atoms with Crippen molar-refractivity contribution in [3.63, 3.8) is 0 Å². The van der Waals surface area contributed by atoms with E-state index in [9.17, 15) is 4.39 Å². The van der Waals surface area contributed by atoms with Crippen LogP contribution in [0.15, 0.2) is 34.5 Å². The van der Waals surface area contributed by atoms with Crippen molar-refractivity contribution in [3.8, 4) is 5.75 Å². The van der Waals surface area contributed by atoms with E-state index in [2.05, 4.69) is 11.9 Å². The third-order valence-corrected chi connectivity index (χ3v) is 2.99. The Kier molecular flexibility index (Phi) is 5.12. The molecule has 1 heterocycles. The van der Waals surface area contributed by atoms with Crippen molar-refractivity contribution in [2.75, 3.05) is 13.2 Å². The molecule has 0 fully saturated rings. The lowest BCUT2D eigenvalue weighted by Gasteiger charge is -2.06. The number of rotatable bonds is 7. The lowest BCUT2D eigenvalue weighted by Crippen LogP contribution is -2.10. The minimum Gasteiger partial charge on any atom is -0.489 e. The molecule has 0 saturated heterocycles. The first kappa shape index (κ1) is 14.5. The van der Waals surface area contributed by atoms with Crippen LogP contribution in [-0.2, 0) is 6.42 Å². The molecule has 0 saturated carbocycles. The predicted octanol–water partition coefficient (Wildman–Crippen LogP) is 3.36. The molecule has 108 valence electrons. The maximum atomic E-state index is 12.4. The molecule has 0 radical (unpaired) electrons. The first-order valence-electron chi connectivity index (χ1n) is 6.77. The molecule has 4 nitrogen and oxygen atoms in total. The Morgan fingerprint density at radius 3 is 3.05 bits per heavy atom. The SMILES string of the molecule is CCCCc1nc2cc(OC/C(=C/F)CN)ccc2o1. The fourth-order valence-electron chi connectivity index (χ4n) is 1.79. The van der Waals surface area contributed by atoms with Crippen molar-refractivity contribution in [1.29, 1.82) is 0 Å². The Morgan fingerprint density at radius 1 is 1.50 bits per heavy atom. The van der Waals surface area contributed by atoms with Crippen LogP contribution in [0.5, 0.6) is 5.75 Å². The lowest BCUT2D eigenvalue weighted by molar-refractivity contribution is 0.348. The Hall–Kier alpha value is -1.88. The normalized spacial score (nSPS) is 12.1. The molecule has 1 aromatic heterocycles. The molecule has 2 rings (SSSR count). The maximum absolute atomic E-state index is 12.4. The standard InChI is InChI=1S/C15H19FN2O2/c1-2-3-4-15-18-13-7-12(5-6-14(13)20-15)19-10-11(8-16)9-17/h5-8H,2-4,9-10,17H2,1H3/b11-8+. The fraction of sp³-hybridized carbons (Fsp3) is 0.400. The number of halogens is 1. The Balaban J connectivity index is 2.08. The van der Waals surface area contributed by atoms with Gasteiger partial charge in [0.25, 0.3) is 0 Å². The molecule has 0 aliphatic carbocycles. The number of ether oxygens (including phenoxy) is 1. The van der Waals surface area contributed by atoms with Crippen molar-refractivity contribution in [1.82, 2.24) is 4.98 Å². The van der Waals surface area contributed by atoms with E-state index in [1.54, 1.807) is 12.1 Å². The van der Waals surface area contributed by atoms with Crippen LogP contribution in [-0.4, -0.2) is 18.1 Å². The lowest BCUT2D eigenvalue weighted by atomic mass is 10.2. The van der Waals surface area contributed by atoms with Gasteiger partial charge in [-0.25, -0.2) is 9.37 Å². The second kappa shape index (κ2) is 7.05. The topological polar surface area (TPSA) is 61.3 Å². The number of aryl methyl sites for hydroxylation is 1. The van der Waals surface area contributed by atoms with Gasteiger partial charge in [-0.1, -0.05) is 13.3 Å². The molecular formula is C15H19FN2O2. The number of nitrogens with zero attached hydrogens (tertiary/aromatic N) is 1. The predicted molar refractivity (Wildman–Crippen MR) is 76.4 cm³/mol. The average Bonchev–Trinajstić information content (AvgIpc) is 2.88. The van der Waals surface area contributed by atoms with Gasteiger partial charge in [0.05, 0.1) is 6.33 Å². The van der Waals surface area contributed by atoms with E-state index in [1.165, 1.54) is 0 Å². The molecular weight excluding hydrogens is 259 g/mol. The molecule has 1 aromatic carbocycles. The summed E-state index contributed by atoms with van der Waals surface area (Å²) in [5.41, 5.74) is 7.28. The van der Waals surface area contributed by atoms with E-state index in [0.717, 1.165) is 36.3 Å². The summed E-state index contributed by atoms with van der Waals surface area (Å²) in [5, 5.41) is 0. The van der Waals surface area contributed by atoms with Crippen LogP contribution in [0.3, 0.4) is 0 Å². The van der Waals surface area contributed by atoms with Crippen molar-refractivity contribution in [2.45, 2.75) is 26.2 Å². The van der Waals surface area contributed by atoms with E-state index in [4.69, 9.17) is 14.9 Å². The number of hydrogen-bond acceptors (Lipinski definition) is 4. The number of benzene rings is 1. The first-order chi connectivity index (χ1) is 9.76. The molecule has 0 spiro atoms. The van der Waals surface area contributed by atoms with Crippen LogP contribution in [0.25, 0.3) is 11.1 Å². The zero-order valence-corrected chi connectivity index (χ0v) is 11.6. The summed E-state index contributed by atoms with van der Waals surface area (Å²) in [6.07, 6.45) is 3.47. The largest absolute Gasteiger partial charge is 0.489 e. The van der Waals surface area contributed by atoms with E-state index in [0.29, 0.717) is 17.7 Å². The van der Waals surface area contributed by atoms with Gasteiger partial charge in [-0.05, 0) is 18.6 Å². The monoisotopic (exact) mass is 278 g/mol. The third-order valence-electron chi connectivity index (χ3n) is 2.99. The summed E-state index contributed by atoms with van der Waals surface area (Å²) in [7, 11) is 0. The summed E-state index contributed by atoms with van der Waals surface area (Å²) in [4.78, 5) is 4.42. The van der Waals surface area contributed by atoms with E-state index in [-0.39, 0.29) is 13.2 Å². The van der Waals surface area contributed by atoms with Gasteiger partial charge in [0.1, 0.15) is 17.9 Å². The maximum Gasteiger partial charge on any atom is 0.195 e. The highest BCUT2D eigenvalue weighted by atomic mass is 19.1. The molecule has 0 aliphatic heterocycles. The van der Waals surface area contributed by atoms with Crippen LogP contribution in [0.1, 0.15) is 25.7 Å². The molecule has 2 N–H and O–H groups in total. The molecule has 20 heavy (non-hydrogen) atoms. The Morgan fingerprint density at radius 2 is 2.35 bits per heavy atom. The molecule has 0 amide bonds. The van der Waals surface area contributed by atoms with Gasteiger partial charge < -0.3 is 14.9 Å². The molecule has 0 bridgehead atoms. The van der Waals surface area contributed by atoms with E-state index < -0.39 is 0 Å². The molecule has 0 unspecified atom stereocenters. The van der Waals surface area contributed by atoms with Crippen molar-refractivity contribution < 1.29 is 13.5 Å². The van der Waals surface area contributed by atoms with Crippen LogP contribution < -0.4 is 10.5 Å². The second-order valence-corrected chi connectivity index (χ2v) is 4.60. The second-order valence-electron chi connectivity index (χ2n) is 4.60. The highest BCUT2D eigenvalue weighted by molar-refractivity contribution is 5.74. The van der Waals surface area contributed by atoms with Gasteiger partial charge in [-0.2, -0.15) is 0 Å². The number of oxazole rings is 1. The van der Waals surface area contributed by atoms with Crippen molar-refractivity contribution in [3.05, 3.63) is 36.0 Å². The van der Waals surface area contributed by atoms with Crippen LogP contribution in [0.4, 0.5) is 4.39 Å². The zero-order valence-electron chi connectivity index (χ0n) is 11.6. The van der Waals surface area contributed by atoms with Crippen molar-refractivity contribution >= 4 is 11.1 Å². The van der Waals surface area contributed by atoms with Gasteiger partial charge in [-0.15, -0.1) is 0 Å². The van der Waals surface area contributed by atoms with Gasteiger partial charge in [0.2, 0.25) is 0 Å². The summed E-state index contributed by atoms with van der Waals surface area (Å²) in [6.45, 7) is 2.41. The molecule has 5 heteroatoms. The summed E-state index contributed by atoms with van der Waals surface area (Å²) < 4.78 is 23.5. The van der Waals surface area contributed by atoms with Crippen LogP contribution in [0.2, 0.25) is 0 Å². The van der Waals surface area contributed by atoms with E-state index in [1.807, 2.05) is 6.07 Å². The highest BCUT2D eigenvalue weighted by Gasteiger charge is 2.07. The smallest absolute Gasteiger partial charge is 0.195 e. The van der Waals surface area contributed by atoms with Crippen LogP contribution >= 0.6 is 0 Å². The quantitative estimate of drug-likeness (QED) is 0.843. The number of aromatic nitrogens is 1. The average molecular weight is 278 g/mol. The van der Waals surface area contributed by atoms with Crippen molar-refractivity contribution in [2.24, 2.45) is 5.73 Å². The van der Waals surface area contributed by atoms with Gasteiger partial charge in [0, 0.05) is 24.6 Å². The molecule has 0 aliphatic rings. The van der Waals surface area contributed by atoms with Gasteiger partial charge >= 0.3 is 0 Å². The number of unbranched alkanes of at least 4 members (excludes halogenated alkanes) is 1. The zero-order chi connectivity index (χ0) is 14.4. The first-order valence-corrected chi connectivity index (χ1v) is 6.77. The minimum atomic E-state index is 0.138. The summed E-state index contributed by atoms with van der Waals surface area (Å²) >= 11 is 0. The minimum absolute atomic E-state index is 0.138. The highest BCUT2D eigenvalue weighted by Crippen LogP contribution is 2.22. The number of nitrogens with two attached hydrogens (primary N) is 1. The van der Waals surface area contributed by atoms with Crippen LogP contribution in [0, 0.1) is 0 Å². The van der Waals surface area contributed by atoms with Gasteiger partial charge in [0.15, 0.2) is 11.5 Å². The number of hydrogen-bond donors (Lipinski definition) is 1. The third kappa shape index (κ3) is 3.57. The summed E-state index contributed by atoms with van der Waals surface area (Å²) in [5.74, 6) is 1.37. The summed E-state index contributed by atoms with van der Waals surface area (Å²) in [6, 6.07) is 5.39. The Bertz CT molecular complexity index is 593. The fourth-order valence-corrected chi connectivity index (χ4v) is 1.79. The Labute approximate surface area is 117 Å². The molecule has 2 aromatic rings. The molecule has 0 atom stereocenters. The van der Waals surface area contributed by atoms with E-state index >= 15 is 0 Å². The van der Waals surface area contributed by atoms with Gasteiger partial charge in [-0.3, -0.25) is 0 Å². The number of fused-ring (bicyclic) bond motifs is 1.